The quantitative estimate of drug-likeness (QED) is 0.491. The Labute approximate surface area is 133 Å². The summed E-state index contributed by atoms with van der Waals surface area (Å²) in [5.41, 5.74) is 0.865. The van der Waals surface area contributed by atoms with Crippen molar-refractivity contribution < 1.29 is 13.2 Å². The van der Waals surface area contributed by atoms with Crippen molar-refractivity contribution in [1.82, 2.24) is 9.97 Å². The van der Waals surface area contributed by atoms with E-state index >= 15 is 0 Å². The molecule has 2 rings (SSSR count). The average molecular weight is 339 g/mol. The summed E-state index contributed by atoms with van der Waals surface area (Å²) in [6, 6.07) is 1.12. The molecule has 0 saturated carbocycles. The molecule has 1 N–H and O–H groups in total. The van der Waals surface area contributed by atoms with E-state index in [2.05, 4.69) is 29.6 Å². The van der Waals surface area contributed by atoms with E-state index in [1.807, 2.05) is 12.2 Å². The third-order valence-corrected chi connectivity index (χ3v) is 5.85. The van der Waals surface area contributed by atoms with Crippen LogP contribution in [0.1, 0.15) is 17.4 Å². The van der Waals surface area contributed by atoms with Crippen LogP contribution in [0.4, 0.5) is 0 Å². The maximum Gasteiger partial charge on any atom is 0.218 e. The number of aromatic nitrogens is 2. The Morgan fingerprint density at radius 2 is 2.09 bits per heavy atom. The first-order chi connectivity index (χ1) is 10.4. The number of nitrogens with one attached hydrogen (secondary N) is 1. The molecule has 1 unspecified atom stereocenters. The van der Waals surface area contributed by atoms with Crippen molar-refractivity contribution >= 4 is 23.2 Å². The molecule has 1 heterocycles. The molecule has 5 nitrogen and oxygen atoms in total. The maximum absolute atomic E-state index is 11.3. The van der Waals surface area contributed by atoms with Crippen LogP contribution in [0.25, 0.3) is 0 Å². The summed E-state index contributed by atoms with van der Waals surface area (Å²) < 4.78 is 28.2. The molecule has 0 spiro atoms. The predicted octanol–water partition coefficient (Wildman–Crippen LogP) is 2.53. The Kier molecular flexibility index (Phi) is 5.55. The predicted molar refractivity (Wildman–Crippen MR) is 91.3 cm³/mol. The van der Waals surface area contributed by atoms with Gasteiger partial charge in [-0.05, 0) is 12.1 Å². The van der Waals surface area contributed by atoms with Crippen molar-refractivity contribution in [3.8, 4) is 0 Å². The van der Waals surface area contributed by atoms with E-state index in [1.165, 1.54) is 0 Å². The zero-order chi connectivity index (χ0) is 16.2. The van der Waals surface area contributed by atoms with Crippen LogP contribution in [0.3, 0.4) is 0 Å². The van der Waals surface area contributed by atoms with E-state index in [-0.39, 0.29) is 5.92 Å². The maximum atomic E-state index is 11.3. The van der Waals surface area contributed by atoms with Crippen LogP contribution in [-0.2, 0) is 21.6 Å². The van der Waals surface area contributed by atoms with Crippen LogP contribution in [0, 0.1) is 0 Å². The van der Waals surface area contributed by atoms with Crippen molar-refractivity contribution in [3.05, 3.63) is 42.0 Å². The topological polar surface area (TPSA) is 72.0 Å². The van der Waals surface area contributed by atoms with Crippen molar-refractivity contribution in [2.45, 2.75) is 38.2 Å². The summed E-state index contributed by atoms with van der Waals surface area (Å²) in [5, 5.41) is 0. The number of hydrogen-bond acceptors (Lipinski definition) is 4. The fourth-order valence-electron chi connectivity index (χ4n) is 2.08. The first kappa shape index (κ1) is 16.9. The van der Waals surface area contributed by atoms with Gasteiger partial charge in [0.15, 0.2) is 0 Å². The second kappa shape index (κ2) is 7.21. The van der Waals surface area contributed by atoms with Crippen LogP contribution in [0.15, 0.2) is 30.5 Å². The van der Waals surface area contributed by atoms with Gasteiger partial charge in [0, 0.05) is 14.7 Å². The molecule has 0 radical (unpaired) electrons. The van der Waals surface area contributed by atoms with Crippen LogP contribution in [0.5, 0.6) is 0 Å². The third kappa shape index (κ3) is 4.79. The van der Waals surface area contributed by atoms with Gasteiger partial charge in [-0.1, -0.05) is 37.9 Å². The van der Waals surface area contributed by atoms with Crippen LogP contribution in [-0.4, -0.2) is 37.9 Å². The number of H-pyrrole nitrogens is 1. The van der Waals surface area contributed by atoms with Gasteiger partial charge in [0.2, 0.25) is 10.3 Å². The summed E-state index contributed by atoms with van der Waals surface area (Å²) >= 11 is 0. The lowest BCUT2D eigenvalue weighted by molar-refractivity contribution is 0.130. The number of allylic oxidation sites excluding steroid dienone is 4. The lowest BCUT2D eigenvalue weighted by Crippen LogP contribution is -2.21. The minimum absolute atomic E-state index is 0.322. The first-order valence-corrected chi connectivity index (χ1v) is 12.1. The highest BCUT2D eigenvalue weighted by molar-refractivity contribution is 7.73. The Morgan fingerprint density at radius 3 is 2.77 bits per heavy atom. The molecule has 0 bridgehead atoms. The van der Waals surface area contributed by atoms with Gasteiger partial charge in [0.25, 0.3) is 0 Å². The number of rotatable bonds is 6. The van der Waals surface area contributed by atoms with Crippen molar-refractivity contribution in [3.63, 3.8) is 0 Å². The number of hydrogen-bond donors (Lipinski definition) is 1. The lowest BCUT2D eigenvalue weighted by atomic mass is 10.0. The smallest absolute Gasteiger partial charge is 0.218 e. The zero-order valence-corrected chi connectivity index (χ0v) is 15.0. The Hall–Kier alpha value is -1.44. The van der Waals surface area contributed by atoms with Gasteiger partial charge in [0.1, 0.15) is 5.82 Å². The van der Waals surface area contributed by atoms with Gasteiger partial charge < -0.3 is 9.72 Å². The molecule has 22 heavy (non-hydrogen) atoms. The number of imidazole rings is 1. The van der Waals surface area contributed by atoms with E-state index in [4.69, 9.17) is 4.74 Å². The fourth-order valence-corrected chi connectivity index (χ4v) is 3.42. The van der Waals surface area contributed by atoms with E-state index in [9.17, 15) is 8.42 Å². The molecule has 0 aliphatic heterocycles. The minimum atomic E-state index is -2.25. The Morgan fingerprint density at radius 1 is 1.32 bits per heavy atom. The SMILES string of the molecule is C[Si](C)(C)CCOCc1cnc(C2C=CC=CC2=S(=O)=O)[nH]1. The highest BCUT2D eigenvalue weighted by Gasteiger charge is 2.20. The monoisotopic (exact) mass is 338 g/mol. The highest BCUT2D eigenvalue weighted by atomic mass is 32.2. The van der Waals surface area contributed by atoms with E-state index in [0.29, 0.717) is 17.3 Å². The van der Waals surface area contributed by atoms with Crippen LogP contribution >= 0.6 is 0 Å². The lowest BCUT2D eigenvalue weighted by Gasteiger charge is -2.15. The summed E-state index contributed by atoms with van der Waals surface area (Å²) in [5.74, 6) is 0.280. The standard InChI is InChI=1S/C15H22N2O3SSi/c1-22(2,3)9-8-20-11-12-10-16-15(17-12)13-6-4-5-7-14(13)21(18)19/h4-7,10,13H,8-9,11H2,1-3H3,(H,16,17). The summed E-state index contributed by atoms with van der Waals surface area (Å²) in [6.45, 7) is 8.16. The second-order valence-electron chi connectivity index (χ2n) is 6.52. The molecule has 0 aromatic carbocycles. The normalized spacial score (nSPS) is 18.0. The molecule has 1 aromatic rings. The number of nitrogens with zero attached hydrogens (tertiary/aromatic N) is 1. The molecule has 0 saturated heterocycles. The van der Waals surface area contributed by atoms with E-state index < -0.39 is 18.4 Å². The minimum Gasteiger partial charge on any atom is -0.375 e. The van der Waals surface area contributed by atoms with E-state index in [1.54, 1.807) is 18.3 Å². The van der Waals surface area contributed by atoms with Crippen LogP contribution < -0.4 is 0 Å². The van der Waals surface area contributed by atoms with Gasteiger partial charge in [0.05, 0.1) is 29.3 Å². The Bertz CT molecular complexity index is 703. The van der Waals surface area contributed by atoms with Crippen molar-refractivity contribution in [2.24, 2.45) is 0 Å². The van der Waals surface area contributed by atoms with Crippen LogP contribution in [0.2, 0.25) is 25.7 Å². The second-order valence-corrected chi connectivity index (χ2v) is 13.1. The molecule has 7 heteroatoms. The summed E-state index contributed by atoms with van der Waals surface area (Å²) in [7, 11) is -3.33. The molecule has 0 fully saturated rings. The summed E-state index contributed by atoms with van der Waals surface area (Å²) in [4.78, 5) is 7.78. The van der Waals surface area contributed by atoms with Gasteiger partial charge in [-0.15, -0.1) is 0 Å². The molecule has 1 aliphatic rings. The molecule has 120 valence electrons. The molecule has 1 atom stereocenters. The number of aromatic amines is 1. The molecular weight excluding hydrogens is 316 g/mol. The van der Waals surface area contributed by atoms with Gasteiger partial charge >= 0.3 is 0 Å². The van der Waals surface area contributed by atoms with Gasteiger partial charge in [-0.25, -0.2) is 4.98 Å². The molecule has 1 aliphatic carbocycles. The van der Waals surface area contributed by atoms with Crippen molar-refractivity contribution in [2.75, 3.05) is 6.61 Å². The molecular formula is C15H22N2O3SSi. The fraction of sp³-hybridized carbons (Fsp3) is 0.467. The number of ether oxygens (including phenoxy) is 1. The van der Waals surface area contributed by atoms with Gasteiger partial charge in [-0.3, -0.25) is 0 Å². The molecule has 1 aromatic heterocycles. The average Bonchev–Trinajstić information content (AvgIpc) is 2.91. The largest absolute Gasteiger partial charge is 0.375 e. The third-order valence-electron chi connectivity index (χ3n) is 3.37. The Balaban J connectivity index is 1.98. The van der Waals surface area contributed by atoms with E-state index in [0.717, 1.165) is 18.3 Å². The first-order valence-electron chi connectivity index (χ1n) is 7.29. The van der Waals surface area contributed by atoms with Gasteiger partial charge in [-0.2, -0.15) is 8.42 Å². The summed E-state index contributed by atoms with van der Waals surface area (Å²) in [6.07, 6.45) is 8.67. The molecule has 0 amide bonds. The zero-order valence-electron chi connectivity index (χ0n) is 13.2. The van der Waals surface area contributed by atoms with Crippen molar-refractivity contribution in [1.29, 1.82) is 0 Å². The highest BCUT2D eigenvalue weighted by Crippen LogP contribution is 2.20.